The minimum Gasteiger partial charge on any atom is -0.362 e. The number of methoxy groups -OCH3 is 1. The number of amides is 2. The van der Waals surface area contributed by atoms with Crippen molar-refractivity contribution in [1.82, 2.24) is 20.4 Å². The Balaban J connectivity index is 2.36. The van der Waals surface area contributed by atoms with Crippen LogP contribution in [0, 0.1) is 6.92 Å². The number of aliphatic imine (C=N–C) groups is 1. The monoisotopic (exact) mass is 599 g/mol. The molecule has 0 saturated heterocycles. The van der Waals surface area contributed by atoms with Crippen molar-refractivity contribution in [2.75, 3.05) is 27.2 Å². The largest absolute Gasteiger partial charge is 0.435 e. The summed E-state index contributed by atoms with van der Waals surface area (Å²) >= 11 is 0. The first-order valence-electron chi connectivity index (χ1n) is 11.9. The molecule has 8 nitrogen and oxygen atoms in total. The van der Waals surface area contributed by atoms with Gasteiger partial charge in [-0.05, 0) is 43.2 Å². The zero-order valence-electron chi connectivity index (χ0n) is 22.7. The molecule has 1 aromatic carbocycles. The Hall–Kier alpha value is -3.56. The molecule has 41 heavy (non-hydrogen) atoms. The van der Waals surface area contributed by atoms with Crippen LogP contribution in [0.5, 0.6) is 0 Å². The molecular formula is C25H29F8N5O3. The fraction of sp³-hybridized carbons (Fsp3) is 0.520. The number of aromatic nitrogens is 2. The molecular weight excluding hydrogens is 570 g/mol. The van der Waals surface area contributed by atoms with E-state index < -0.39 is 73.1 Å². The number of ether oxygens (including phenoxy) is 1. The summed E-state index contributed by atoms with van der Waals surface area (Å²) in [7, 11) is 2.31. The minimum atomic E-state index is -5.05. The first-order valence-corrected chi connectivity index (χ1v) is 11.9. The normalized spacial score (nSPS) is 14.5. The molecule has 2 amide bonds. The maximum Gasteiger partial charge on any atom is 0.435 e. The van der Waals surface area contributed by atoms with Gasteiger partial charge in [0.25, 0.3) is 11.8 Å². The van der Waals surface area contributed by atoms with Crippen LogP contribution in [0.25, 0.3) is 0 Å². The molecule has 0 aliphatic heterocycles. The van der Waals surface area contributed by atoms with E-state index in [0.29, 0.717) is 17.7 Å². The lowest BCUT2D eigenvalue weighted by Gasteiger charge is -2.33. The molecule has 1 aromatic heterocycles. The maximum absolute atomic E-state index is 14.5. The molecule has 0 bridgehead atoms. The second-order valence-electron chi connectivity index (χ2n) is 9.57. The number of aryl methyl sites for hydroxylation is 1. The van der Waals surface area contributed by atoms with Crippen LogP contribution in [0.4, 0.5) is 35.1 Å². The summed E-state index contributed by atoms with van der Waals surface area (Å²) in [5.41, 5.74) is -4.83. The molecule has 1 unspecified atom stereocenters. The SMILES string of the molecule is C/N=C(\CC(C)(c1cc(C(F)(F)F)nn1COC)C(F)(F)F)c1ccc(C(=O)NCC(=O)NCC(C)(F)F)c(C)c1. The van der Waals surface area contributed by atoms with E-state index in [1.807, 2.05) is 5.32 Å². The number of alkyl halides is 8. The summed E-state index contributed by atoms with van der Waals surface area (Å²) in [5.74, 6) is -4.75. The fourth-order valence-corrected chi connectivity index (χ4v) is 3.87. The van der Waals surface area contributed by atoms with E-state index in [4.69, 9.17) is 4.74 Å². The van der Waals surface area contributed by atoms with E-state index in [2.05, 4.69) is 15.4 Å². The van der Waals surface area contributed by atoms with Crippen LogP contribution in [0.15, 0.2) is 29.3 Å². The van der Waals surface area contributed by atoms with Crippen LogP contribution in [0.1, 0.15) is 53.1 Å². The van der Waals surface area contributed by atoms with E-state index >= 15 is 0 Å². The average molecular weight is 600 g/mol. The van der Waals surface area contributed by atoms with Crippen molar-refractivity contribution >= 4 is 17.5 Å². The van der Waals surface area contributed by atoms with Gasteiger partial charge in [-0.3, -0.25) is 14.6 Å². The van der Waals surface area contributed by atoms with Gasteiger partial charge in [0, 0.05) is 38.8 Å². The van der Waals surface area contributed by atoms with Gasteiger partial charge in [0.15, 0.2) is 5.69 Å². The number of benzene rings is 1. The van der Waals surface area contributed by atoms with Crippen LogP contribution in [-0.4, -0.2) is 66.7 Å². The Morgan fingerprint density at radius 1 is 1.02 bits per heavy atom. The van der Waals surface area contributed by atoms with Crippen molar-refractivity contribution in [1.29, 1.82) is 0 Å². The molecule has 2 N–H and O–H groups in total. The molecule has 2 rings (SSSR count). The van der Waals surface area contributed by atoms with E-state index in [-0.39, 0.29) is 22.4 Å². The lowest BCUT2D eigenvalue weighted by molar-refractivity contribution is -0.186. The van der Waals surface area contributed by atoms with Crippen molar-refractivity contribution in [3.8, 4) is 0 Å². The maximum atomic E-state index is 14.5. The summed E-state index contributed by atoms with van der Waals surface area (Å²) in [6, 6.07) is 4.26. The lowest BCUT2D eigenvalue weighted by atomic mass is 9.78. The second-order valence-corrected chi connectivity index (χ2v) is 9.57. The third kappa shape index (κ3) is 8.47. The predicted octanol–water partition coefficient (Wildman–Crippen LogP) is 4.64. The molecule has 0 saturated carbocycles. The second kappa shape index (κ2) is 12.5. The first kappa shape index (κ1) is 33.6. The average Bonchev–Trinajstić information content (AvgIpc) is 3.28. The highest BCUT2D eigenvalue weighted by molar-refractivity contribution is 6.03. The number of nitrogens with zero attached hydrogens (tertiary/aromatic N) is 3. The molecule has 1 atom stereocenters. The Bertz CT molecular complexity index is 1280. The Labute approximate surface area is 230 Å². The Morgan fingerprint density at radius 2 is 1.66 bits per heavy atom. The first-order chi connectivity index (χ1) is 18.7. The number of halogens is 8. The van der Waals surface area contributed by atoms with Crippen molar-refractivity contribution in [3.63, 3.8) is 0 Å². The van der Waals surface area contributed by atoms with Crippen LogP contribution < -0.4 is 10.6 Å². The van der Waals surface area contributed by atoms with Gasteiger partial charge in [-0.25, -0.2) is 13.5 Å². The third-order valence-corrected chi connectivity index (χ3v) is 6.11. The molecule has 0 radical (unpaired) electrons. The van der Waals surface area contributed by atoms with E-state index in [0.717, 1.165) is 14.0 Å². The summed E-state index contributed by atoms with van der Waals surface area (Å²) in [6.07, 6.45) is -10.9. The van der Waals surface area contributed by atoms with Crippen LogP contribution in [0.2, 0.25) is 0 Å². The molecule has 2 aromatic rings. The zero-order valence-corrected chi connectivity index (χ0v) is 22.7. The number of rotatable bonds is 11. The number of carbonyl (C=O) groups excluding carboxylic acids is 2. The van der Waals surface area contributed by atoms with Gasteiger partial charge in [-0.15, -0.1) is 0 Å². The third-order valence-electron chi connectivity index (χ3n) is 6.11. The van der Waals surface area contributed by atoms with Gasteiger partial charge < -0.3 is 15.4 Å². The number of nitrogens with one attached hydrogen (secondary N) is 2. The minimum absolute atomic E-state index is 0.0457. The quantitative estimate of drug-likeness (QED) is 0.291. The van der Waals surface area contributed by atoms with E-state index in [1.54, 1.807) is 0 Å². The zero-order chi connectivity index (χ0) is 31.4. The standard InChI is InChI=1S/C25H29F8N5O3/c1-14-8-15(6-7-16(14)21(40)35-11-20(39)36-12-23(3,26)27)17(34-4)10-22(2,25(31,32)33)19-9-18(24(28,29)30)37-38(19)13-41-5/h6-9H,10-13H2,1-5H3,(H,35,40)(H,36,39)/b34-17+. The van der Waals surface area contributed by atoms with Crippen LogP contribution >= 0.6 is 0 Å². The highest BCUT2D eigenvalue weighted by Gasteiger charge is 2.55. The molecule has 1 heterocycles. The van der Waals surface area contributed by atoms with Crippen molar-refractivity contribution in [3.05, 3.63) is 52.3 Å². The summed E-state index contributed by atoms with van der Waals surface area (Å²) in [4.78, 5) is 28.2. The van der Waals surface area contributed by atoms with Gasteiger partial charge in [0.1, 0.15) is 12.1 Å². The summed E-state index contributed by atoms with van der Waals surface area (Å²) < 4.78 is 114. The van der Waals surface area contributed by atoms with Gasteiger partial charge in [0.05, 0.1) is 18.8 Å². The molecule has 0 spiro atoms. The molecule has 0 aliphatic rings. The summed E-state index contributed by atoms with van der Waals surface area (Å²) in [6.45, 7) is 0.616. The van der Waals surface area contributed by atoms with E-state index in [1.165, 1.54) is 32.2 Å². The Kier molecular flexibility index (Phi) is 10.3. The lowest BCUT2D eigenvalue weighted by Crippen LogP contribution is -2.43. The number of hydrogen-bond acceptors (Lipinski definition) is 5. The number of hydrogen-bond donors (Lipinski definition) is 2. The topological polar surface area (TPSA) is 97.6 Å². The smallest absolute Gasteiger partial charge is 0.362 e. The fourth-order valence-electron chi connectivity index (χ4n) is 3.87. The molecule has 228 valence electrons. The van der Waals surface area contributed by atoms with Crippen LogP contribution in [0.3, 0.4) is 0 Å². The van der Waals surface area contributed by atoms with Gasteiger partial charge in [-0.2, -0.15) is 31.4 Å². The number of carbonyl (C=O) groups is 2. The van der Waals surface area contributed by atoms with Crippen molar-refractivity contribution in [2.24, 2.45) is 4.99 Å². The summed E-state index contributed by atoms with van der Waals surface area (Å²) in [5, 5.41) is 7.49. The predicted molar refractivity (Wildman–Crippen MR) is 132 cm³/mol. The molecule has 0 aliphatic carbocycles. The highest BCUT2D eigenvalue weighted by Crippen LogP contribution is 2.46. The van der Waals surface area contributed by atoms with Crippen molar-refractivity contribution in [2.45, 2.75) is 57.6 Å². The van der Waals surface area contributed by atoms with Crippen molar-refractivity contribution < 1.29 is 49.4 Å². The van der Waals surface area contributed by atoms with Crippen LogP contribution in [-0.2, 0) is 27.9 Å². The van der Waals surface area contributed by atoms with Gasteiger partial charge in [-0.1, -0.05) is 6.07 Å². The van der Waals surface area contributed by atoms with Gasteiger partial charge in [0.2, 0.25) is 5.91 Å². The highest BCUT2D eigenvalue weighted by atomic mass is 19.4. The van der Waals surface area contributed by atoms with E-state index in [9.17, 15) is 44.7 Å². The molecule has 0 fully saturated rings. The molecule has 16 heteroatoms. The Morgan fingerprint density at radius 3 is 2.15 bits per heavy atom. The van der Waals surface area contributed by atoms with Gasteiger partial charge >= 0.3 is 12.4 Å².